The Balaban J connectivity index is 2.19. The van der Waals surface area contributed by atoms with Crippen molar-refractivity contribution in [2.45, 2.75) is 24.9 Å². The Bertz CT molecular complexity index is 939. The molecule has 25 heavy (non-hydrogen) atoms. The van der Waals surface area contributed by atoms with E-state index in [1.54, 1.807) is 23.4 Å². The maximum atomic E-state index is 13.2. The summed E-state index contributed by atoms with van der Waals surface area (Å²) in [6, 6.07) is 13.3. The van der Waals surface area contributed by atoms with Crippen LogP contribution in [-0.4, -0.2) is 22.4 Å². The number of hydrogen-bond donors (Lipinski definition) is 0. The van der Waals surface area contributed by atoms with Crippen LogP contribution in [0.2, 0.25) is 0 Å². The highest BCUT2D eigenvalue weighted by molar-refractivity contribution is 14.1. The summed E-state index contributed by atoms with van der Waals surface area (Å²) in [6.45, 7) is 2.16. The second-order valence-electron chi connectivity index (χ2n) is 5.60. The average Bonchev–Trinajstić information content (AvgIpc) is 2.63. The van der Waals surface area contributed by atoms with Crippen LogP contribution in [0.3, 0.4) is 0 Å². The lowest BCUT2D eigenvalue weighted by Crippen LogP contribution is -2.22. The summed E-state index contributed by atoms with van der Waals surface area (Å²) in [5.41, 5.74) is 1.51. The van der Waals surface area contributed by atoms with Gasteiger partial charge in [0.25, 0.3) is 5.56 Å². The van der Waals surface area contributed by atoms with Gasteiger partial charge in [-0.25, -0.2) is 4.98 Å². The van der Waals surface area contributed by atoms with Crippen LogP contribution >= 0.6 is 34.4 Å². The monoisotopic (exact) mass is 466 g/mol. The summed E-state index contributed by atoms with van der Waals surface area (Å²) in [4.78, 5) is 17.9. The standard InChI is InChI=1S/C19H19IN2O2S/c1-3-4-11-25-19-21-17-10-5-13(20)12-16(17)18(23)22(19)14-6-8-15(24-2)9-7-14/h5-10,12H,3-4,11H2,1-2H3. The van der Waals surface area contributed by atoms with Gasteiger partial charge in [0.15, 0.2) is 5.16 Å². The molecule has 0 fully saturated rings. The normalized spacial score (nSPS) is 11.0. The number of rotatable bonds is 6. The van der Waals surface area contributed by atoms with E-state index in [0.717, 1.165) is 44.3 Å². The molecule has 0 amide bonds. The van der Waals surface area contributed by atoms with Crippen LogP contribution in [-0.2, 0) is 0 Å². The lowest BCUT2D eigenvalue weighted by molar-refractivity contribution is 0.414. The number of halogens is 1. The van der Waals surface area contributed by atoms with Crippen LogP contribution < -0.4 is 10.3 Å². The molecule has 130 valence electrons. The molecule has 6 heteroatoms. The number of thioether (sulfide) groups is 1. The fourth-order valence-corrected chi connectivity index (χ4v) is 4.09. The molecule has 3 aromatic rings. The third-order valence-electron chi connectivity index (χ3n) is 3.86. The molecule has 0 aliphatic rings. The maximum absolute atomic E-state index is 13.2. The lowest BCUT2D eigenvalue weighted by Gasteiger charge is -2.13. The van der Waals surface area contributed by atoms with Crippen LogP contribution in [0.4, 0.5) is 0 Å². The predicted octanol–water partition coefficient (Wildman–Crippen LogP) is 4.89. The number of hydrogen-bond acceptors (Lipinski definition) is 4. The van der Waals surface area contributed by atoms with Crippen molar-refractivity contribution in [3.63, 3.8) is 0 Å². The van der Waals surface area contributed by atoms with Gasteiger partial charge in [0.1, 0.15) is 5.75 Å². The molecule has 0 saturated heterocycles. The Hall–Kier alpha value is -1.54. The fourth-order valence-electron chi connectivity index (χ4n) is 2.50. The van der Waals surface area contributed by atoms with Gasteiger partial charge in [-0.3, -0.25) is 9.36 Å². The van der Waals surface area contributed by atoms with Crippen molar-refractivity contribution in [3.8, 4) is 11.4 Å². The molecule has 3 rings (SSSR count). The summed E-state index contributed by atoms with van der Waals surface area (Å²) >= 11 is 3.85. The first-order valence-corrected chi connectivity index (χ1v) is 10.2. The molecule has 4 nitrogen and oxygen atoms in total. The highest BCUT2D eigenvalue weighted by Gasteiger charge is 2.13. The Morgan fingerprint density at radius 2 is 1.96 bits per heavy atom. The number of fused-ring (bicyclic) bond motifs is 1. The molecule has 0 aliphatic carbocycles. The van der Waals surface area contributed by atoms with E-state index in [9.17, 15) is 4.79 Å². The molecule has 0 saturated carbocycles. The van der Waals surface area contributed by atoms with Crippen LogP contribution in [0.5, 0.6) is 5.75 Å². The summed E-state index contributed by atoms with van der Waals surface area (Å²) in [6.07, 6.45) is 2.21. The first kappa shape index (κ1) is 18.3. The van der Waals surface area contributed by atoms with Crippen molar-refractivity contribution in [3.05, 3.63) is 56.4 Å². The number of methoxy groups -OCH3 is 1. The van der Waals surface area contributed by atoms with Gasteiger partial charge in [-0.05, 0) is 71.5 Å². The van der Waals surface area contributed by atoms with E-state index in [-0.39, 0.29) is 5.56 Å². The largest absolute Gasteiger partial charge is 0.497 e. The summed E-state index contributed by atoms with van der Waals surface area (Å²) in [7, 11) is 1.63. The zero-order valence-electron chi connectivity index (χ0n) is 14.2. The Morgan fingerprint density at radius 1 is 1.20 bits per heavy atom. The van der Waals surface area contributed by atoms with E-state index in [2.05, 4.69) is 29.5 Å². The summed E-state index contributed by atoms with van der Waals surface area (Å²) < 4.78 is 7.95. The third kappa shape index (κ3) is 4.00. The molecule has 0 atom stereocenters. The van der Waals surface area contributed by atoms with Gasteiger partial charge in [0, 0.05) is 9.32 Å². The minimum absolute atomic E-state index is 0.0346. The van der Waals surface area contributed by atoms with Crippen molar-refractivity contribution < 1.29 is 4.74 Å². The number of aromatic nitrogens is 2. The van der Waals surface area contributed by atoms with Gasteiger partial charge in [0.2, 0.25) is 0 Å². The zero-order valence-corrected chi connectivity index (χ0v) is 17.1. The van der Waals surface area contributed by atoms with Gasteiger partial charge in [-0.1, -0.05) is 25.1 Å². The van der Waals surface area contributed by atoms with Crippen LogP contribution in [0.1, 0.15) is 19.8 Å². The Labute approximate surface area is 164 Å². The van der Waals surface area contributed by atoms with E-state index in [0.29, 0.717) is 5.39 Å². The van der Waals surface area contributed by atoms with Crippen molar-refractivity contribution in [2.75, 3.05) is 12.9 Å². The zero-order chi connectivity index (χ0) is 17.8. The Kier molecular flexibility index (Phi) is 6.01. The molecule has 1 aromatic heterocycles. The second-order valence-corrected chi connectivity index (χ2v) is 7.90. The third-order valence-corrected chi connectivity index (χ3v) is 5.56. The molecule has 0 N–H and O–H groups in total. The lowest BCUT2D eigenvalue weighted by atomic mass is 10.2. The summed E-state index contributed by atoms with van der Waals surface area (Å²) in [5.74, 6) is 1.70. The van der Waals surface area contributed by atoms with Gasteiger partial charge < -0.3 is 4.74 Å². The second kappa shape index (κ2) is 8.23. The highest BCUT2D eigenvalue weighted by atomic mass is 127. The number of benzene rings is 2. The minimum atomic E-state index is -0.0346. The van der Waals surface area contributed by atoms with Gasteiger partial charge in [-0.15, -0.1) is 0 Å². The molecule has 1 heterocycles. The smallest absolute Gasteiger partial charge is 0.266 e. The van der Waals surface area contributed by atoms with E-state index in [1.807, 2.05) is 42.5 Å². The van der Waals surface area contributed by atoms with Crippen molar-refractivity contribution in [1.29, 1.82) is 0 Å². The first-order valence-electron chi connectivity index (χ1n) is 8.13. The van der Waals surface area contributed by atoms with Gasteiger partial charge in [0.05, 0.1) is 23.7 Å². The van der Waals surface area contributed by atoms with Gasteiger partial charge in [-0.2, -0.15) is 0 Å². The average molecular weight is 466 g/mol. The molecule has 0 bridgehead atoms. The molecule has 0 aliphatic heterocycles. The molecular formula is C19H19IN2O2S. The molecule has 0 spiro atoms. The minimum Gasteiger partial charge on any atom is -0.497 e. The summed E-state index contributed by atoms with van der Waals surface area (Å²) in [5, 5.41) is 1.37. The van der Waals surface area contributed by atoms with Crippen LogP contribution in [0.25, 0.3) is 16.6 Å². The first-order chi connectivity index (χ1) is 12.1. The SMILES string of the molecule is CCCCSc1nc2ccc(I)cc2c(=O)n1-c1ccc(OC)cc1. The van der Waals surface area contributed by atoms with Crippen molar-refractivity contribution in [1.82, 2.24) is 9.55 Å². The molecular weight excluding hydrogens is 447 g/mol. The van der Waals surface area contributed by atoms with Gasteiger partial charge >= 0.3 is 0 Å². The maximum Gasteiger partial charge on any atom is 0.266 e. The topological polar surface area (TPSA) is 44.1 Å². The quantitative estimate of drug-likeness (QED) is 0.225. The predicted molar refractivity (Wildman–Crippen MR) is 112 cm³/mol. The Morgan fingerprint density at radius 3 is 2.64 bits per heavy atom. The molecule has 2 aromatic carbocycles. The van der Waals surface area contributed by atoms with Crippen LogP contribution in [0.15, 0.2) is 52.4 Å². The number of unbranched alkanes of at least 4 members (excludes halogenated alkanes) is 1. The van der Waals surface area contributed by atoms with E-state index < -0.39 is 0 Å². The molecule has 0 unspecified atom stereocenters. The van der Waals surface area contributed by atoms with Crippen LogP contribution in [0, 0.1) is 3.57 Å². The van der Waals surface area contributed by atoms with E-state index in [1.165, 1.54) is 0 Å². The molecule has 0 radical (unpaired) electrons. The number of nitrogens with zero attached hydrogens (tertiary/aromatic N) is 2. The van der Waals surface area contributed by atoms with E-state index in [4.69, 9.17) is 9.72 Å². The van der Waals surface area contributed by atoms with Crippen molar-refractivity contribution in [2.24, 2.45) is 0 Å². The number of ether oxygens (including phenoxy) is 1. The highest BCUT2D eigenvalue weighted by Crippen LogP contribution is 2.24. The van der Waals surface area contributed by atoms with Crippen molar-refractivity contribution >= 4 is 45.3 Å². The fraction of sp³-hybridized carbons (Fsp3) is 0.263. The van der Waals surface area contributed by atoms with E-state index >= 15 is 0 Å².